The van der Waals surface area contributed by atoms with Crippen molar-refractivity contribution in [2.24, 2.45) is 0 Å². The predicted octanol–water partition coefficient (Wildman–Crippen LogP) is 3.36. The van der Waals surface area contributed by atoms with Gasteiger partial charge in [0.2, 0.25) is 0 Å². The standard InChI is InChI=1S/C21H19NO5/c1-12(11-17(23)24)22-21(26)16-10-6-9-15-18(25)13(2)19(27-20(15)16)14-7-4-3-5-8-14/h3-10,12H,11H2,1-2H3,(H,22,26)(H,23,24)/t12-/m1/s1. The van der Waals surface area contributed by atoms with Gasteiger partial charge in [-0.15, -0.1) is 0 Å². The zero-order chi connectivity index (χ0) is 19.6. The first-order chi connectivity index (χ1) is 12.9. The van der Waals surface area contributed by atoms with Gasteiger partial charge in [0.1, 0.15) is 5.76 Å². The number of amides is 1. The number of rotatable bonds is 5. The molecule has 3 rings (SSSR count). The van der Waals surface area contributed by atoms with Crippen molar-refractivity contribution in [3.05, 3.63) is 69.9 Å². The molecule has 2 aromatic carbocycles. The van der Waals surface area contributed by atoms with Crippen LogP contribution in [0, 0.1) is 6.92 Å². The number of para-hydroxylation sites is 1. The number of carbonyl (C=O) groups is 2. The number of carbonyl (C=O) groups excluding carboxylic acids is 1. The van der Waals surface area contributed by atoms with E-state index in [0.717, 1.165) is 5.56 Å². The van der Waals surface area contributed by atoms with Gasteiger partial charge in [-0.1, -0.05) is 36.4 Å². The summed E-state index contributed by atoms with van der Waals surface area (Å²) < 4.78 is 6.00. The van der Waals surface area contributed by atoms with E-state index in [-0.39, 0.29) is 23.0 Å². The first-order valence-electron chi connectivity index (χ1n) is 8.53. The van der Waals surface area contributed by atoms with Gasteiger partial charge in [-0.3, -0.25) is 14.4 Å². The largest absolute Gasteiger partial charge is 0.481 e. The van der Waals surface area contributed by atoms with E-state index >= 15 is 0 Å². The minimum Gasteiger partial charge on any atom is -0.481 e. The third-order valence-electron chi connectivity index (χ3n) is 4.28. The Labute approximate surface area is 155 Å². The molecular weight excluding hydrogens is 346 g/mol. The third kappa shape index (κ3) is 3.74. The van der Waals surface area contributed by atoms with Gasteiger partial charge in [0.25, 0.3) is 5.91 Å². The molecule has 0 saturated heterocycles. The minimum absolute atomic E-state index is 0.187. The fourth-order valence-corrected chi connectivity index (χ4v) is 2.97. The van der Waals surface area contributed by atoms with E-state index in [2.05, 4.69) is 5.32 Å². The van der Waals surface area contributed by atoms with Crippen LogP contribution in [0.15, 0.2) is 57.7 Å². The SMILES string of the molecule is Cc1c(-c2ccccc2)oc2c(C(=O)N[C@H](C)CC(=O)O)cccc2c1=O. The molecular formula is C21H19NO5. The topological polar surface area (TPSA) is 96.6 Å². The lowest BCUT2D eigenvalue weighted by Crippen LogP contribution is -2.34. The van der Waals surface area contributed by atoms with Crippen molar-refractivity contribution in [1.29, 1.82) is 0 Å². The van der Waals surface area contributed by atoms with Crippen LogP contribution >= 0.6 is 0 Å². The van der Waals surface area contributed by atoms with Crippen molar-refractivity contribution in [2.45, 2.75) is 26.3 Å². The monoisotopic (exact) mass is 365 g/mol. The van der Waals surface area contributed by atoms with Crippen molar-refractivity contribution in [2.75, 3.05) is 0 Å². The van der Waals surface area contributed by atoms with E-state index in [1.807, 2.05) is 30.3 Å². The second-order valence-electron chi connectivity index (χ2n) is 6.41. The summed E-state index contributed by atoms with van der Waals surface area (Å²) in [4.78, 5) is 36.2. The van der Waals surface area contributed by atoms with Gasteiger partial charge in [-0.2, -0.15) is 0 Å². The summed E-state index contributed by atoms with van der Waals surface area (Å²) in [5.74, 6) is -1.08. The lowest BCUT2D eigenvalue weighted by atomic mass is 10.0. The highest BCUT2D eigenvalue weighted by Crippen LogP contribution is 2.27. The second kappa shape index (κ2) is 7.45. The maximum Gasteiger partial charge on any atom is 0.305 e. The van der Waals surface area contributed by atoms with Crippen molar-refractivity contribution < 1.29 is 19.1 Å². The lowest BCUT2D eigenvalue weighted by molar-refractivity contribution is -0.137. The maximum atomic E-state index is 12.8. The molecule has 27 heavy (non-hydrogen) atoms. The number of hydrogen-bond acceptors (Lipinski definition) is 4. The molecule has 0 aliphatic rings. The van der Waals surface area contributed by atoms with Crippen LogP contribution in [0.4, 0.5) is 0 Å². The summed E-state index contributed by atoms with van der Waals surface area (Å²) in [5, 5.41) is 11.8. The third-order valence-corrected chi connectivity index (χ3v) is 4.28. The van der Waals surface area contributed by atoms with Gasteiger partial charge in [0.05, 0.1) is 17.4 Å². The zero-order valence-corrected chi connectivity index (χ0v) is 15.0. The highest BCUT2D eigenvalue weighted by molar-refractivity contribution is 6.05. The molecule has 1 heterocycles. The molecule has 0 aliphatic heterocycles. The number of hydrogen-bond donors (Lipinski definition) is 2. The molecule has 6 nitrogen and oxygen atoms in total. The molecule has 0 unspecified atom stereocenters. The highest BCUT2D eigenvalue weighted by Gasteiger charge is 2.20. The molecule has 0 saturated carbocycles. The van der Waals surface area contributed by atoms with E-state index in [1.54, 1.807) is 32.0 Å². The van der Waals surface area contributed by atoms with Crippen LogP contribution < -0.4 is 10.7 Å². The molecule has 1 atom stereocenters. The van der Waals surface area contributed by atoms with Crippen molar-refractivity contribution in [3.63, 3.8) is 0 Å². The van der Waals surface area contributed by atoms with Gasteiger partial charge in [-0.05, 0) is 26.0 Å². The maximum absolute atomic E-state index is 12.8. The van der Waals surface area contributed by atoms with Crippen LogP contribution in [0.25, 0.3) is 22.3 Å². The van der Waals surface area contributed by atoms with E-state index in [0.29, 0.717) is 16.7 Å². The number of carboxylic acid groups (broad SMARTS) is 1. The lowest BCUT2D eigenvalue weighted by Gasteiger charge is -2.13. The predicted molar refractivity (Wildman–Crippen MR) is 102 cm³/mol. The van der Waals surface area contributed by atoms with Gasteiger partial charge >= 0.3 is 5.97 Å². The summed E-state index contributed by atoms with van der Waals surface area (Å²) in [6.45, 7) is 3.29. The van der Waals surface area contributed by atoms with Gasteiger partial charge in [0.15, 0.2) is 11.0 Å². The van der Waals surface area contributed by atoms with E-state index in [1.165, 1.54) is 0 Å². The molecule has 0 spiro atoms. The van der Waals surface area contributed by atoms with Gasteiger partial charge in [-0.25, -0.2) is 0 Å². The van der Waals surface area contributed by atoms with Crippen LogP contribution in [0.5, 0.6) is 0 Å². The van der Waals surface area contributed by atoms with Crippen LogP contribution in [0.3, 0.4) is 0 Å². The molecule has 138 valence electrons. The second-order valence-corrected chi connectivity index (χ2v) is 6.41. The van der Waals surface area contributed by atoms with Crippen molar-refractivity contribution in [1.82, 2.24) is 5.32 Å². The molecule has 0 radical (unpaired) electrons. The van der Waals surface area contributed by atoms with E-state index in [4.69, 9.17) is 9.52 Å². The summed E-state index contributed by atoms with van der Waals surface area (Å²) in [5.41, 5.74) is 1.38. The number of carboxylic acids is 1. The summed E-state index contributed by atoms with van der Waals surface area (Å²) in [6, 6.07) is 13.4. The Morgan fingerprint density at radius 1 is 1.11 bits per heavy atom. The normalized spacial score (nSPS) is 11.9. The fourth-order valence-electron chi connectivity index (χ4n) is 2.97. The fraction of sp³-hybridized carbons (Fsp3) is 0.190. The number of benzene rings is 2. The molecule has 0 bridgehead atoms. The molecule has 2 N–H and O–H groups in total. The number of aliphatic carboxylic acids is 1. The smallest absolute Gasteiger partial charge is 0.305 e. The number of fused-ring (bicyclic) bond motifs is 1. The van der Waals surface area contributed by atoms with Crippen LogP contribution in [-0.4, -0.2) is 23.0 Å². The van der Waals surface area contributed by atoms with Crippen LogP contribution in [0.1, 0.15) is 29.3 Å². The quantitative estimate of drug-likeness (QED) is 0.723. The molecule has 6 heteroatoms. The Bertz CT molecular complexity index is 1070. The first kappa shape index (κ1) is 18.4. The van der Waals surface area contributed by atoms with Gasteiger partial charge in [0, 0.05) is 17.2 Å². The minimum atomic E-state index is -1.01. The highest BCUT2D eigenvalue weighted by atomic mass is 16.4. The van der Waals surface area contributed by atoms with E-state index < -0.39 is 17.9 Å². The average molecular weight is 365 g/mol. The molecule has 3 aromatic rings. The van der Waals surface area contributed by atoms with Crippen LogP contribution in [0.2, 0.25) is 0 Å². The molecule has 1 amide bonds. The Kier molecular flexibility index (Phi) is 5.07. The van der Waals surface area contributed by atoms with Gasteiger partial charge < -0.3 is 14.8 Å². The Hall–Kier alpha value is -3.41. The van der Waals surface area contributed by atoms with Crippen molar-refractivity contribution in [3.8, 4) is 11.3 Å². The molecule has 1 aromatic heterocycles. The average Bonchev–Trinajstić information content (AvgIpc) is 2.64. The molecule has 0 fully saturated rings. The zero-order valence-electron chi connectivity index (χ0n) is 15.0. The number of nitrogens with one attached hydrogen (secondary N) is 1. The summed E-state index contributed by atoms with van der Waals surface area (Å²) in [7, 11) is 0. The Morgan fingerprint density at radius 2 is 1.81 bits per heavy atom. The summed E-state index contributed by atoms with van der Waals surface area (Å²) >= 11 is 0. The van der Waals surface area contributed by atoms with E-state index in [9.17, 15) is 14.4 Å². The Balaban J connectivity index is 2.12. The van der Waals surface area contributed by atoms with Crippen LogP contribution in [-0.2, 0) is 4.79 Å². The summed E-state index contributed by atoms with van der Waals surface area (Å²) in [6.07, 6.45) is -0.200. The Morgan fingerprint density at radius 3 is 2.48 bits per heavy atom. The first-order valence-corrected chi connectivity index (χ1v) is 8.53. The molecule has 0 aliphatic carbocycles. The van der Waals surface area contributed by atoms with Crippen molar-refractivity contribution >= 4 is 22.8 Å².